The molecule has 110 valence electrons. The first-order chi connectivity index (χ1) is 9.86. The highest BCUT2D eigenvalue weighted by molar-refractivity contribution is 7.89. The summed E-state index contributed by atoms with van der Waals surface area (Å²) >= 11 is 5.75. The van der Waals surface area contributed by atoms with E-state index in [2.05, 4.69) is 0 Å². The van der Waals surface area contributed by atoms with Crippen LogP contribution in [0.5, 0.6) is 0 Å². The first-order valence-electron chi connectivity index (χ1n) is 5.91. The lowest BCUT2D eigenvalue weighted by atomic mass is 10.2. The highest BCUT2D eigenvalue weighted by Gasteiger charge is 2.11. The standard InChI is InChI=1S/C14H12ClNO4S/c15-12-5-1-10(2-6-12)9-20-14(17)11-3-7-13(8-4-11)21(16,18)19/h1-8H,9H2,(H2,16,18,19). The van der Waals surface area contributed by atoms with E-state index in [-0.39, 0.29) is 17.1 Å². The van der Waals surface area contributed by atoms with Crippen LogP contribution in [0, 0.1) is 0 Å². The molecule has 0 spiro atoms. The Bertz CT molecular complexity index is 740. The smallest absolute Gasteiger partial charge is 0.338 e. The van der Waals surface area contributed by atoms with E-state index in [1.54, 1.807) is 24.3 Å². The molecule has 21 heavy (non-hydrogen) atoms. The van der Waals surface area contributed by atoms with Crippen molar-refractivity contribution in [3.63, 3.8) is 0 Å². The molecular formula is C14H12ClNO4S. The van der Waals surface area contributed by atoms with E-state index < -0.39 is 16.0 Å². The SMILES string of the molecule is NS(=O)(=O)c1ccc(C(=O)OCc2ccc(Cl)cc2)cc1. The summed E-state index contributed by atoms with van der Waals surface area (Å²) in [6.45, 7) is 0.104. The molecule has 2 aromatic rings. The molecule has 0 bridgehead atoms. The highest BCUT2D eigenvalue weighted by Crippen LogP contribution is 2.13. The van der Waals surface area contributed by atoms with Crippen LogP contribution in [-0.4, -0.2) is 14.4 Å². The summed E-state index contributed by atoms with van der Waals surface area (Å²) in [4.78, 5) is 11.8. The van der Waals surface area contributed by atoms with E-state index in [1.807, 2.05) is 0 Å². The zero-order chi connectivity index (χ0) is 15.5. The van der Waals surface area contributed by atoms with Crippen LogP contribution in [0.15, 0.2) is 53.4 Å². The Kier molecular flexibility index (Phi) is 4.62. The van der Waals surface area contributed by atoms with Gasteiger partial charge in [-0.15, -0.1) is 0 Å². The maximum Gasteiger partial charge on any atom is 0.338 e. The predicted octanol–water partition coefficient (Wildman–Crippen LogP) is 2.34. The molecule has 2 aromatic carbocycles. The fourth-order valence-electron chi connectivity index (χ4n) is 1.59. The largest absolute Gasteiger partial charge is 0.457 e. The third-order valence-corrected chi connectivity index (χ3v) is 3.88. The van der Waals surface area contributed by atoms with Crippen LogP contribution < -0.4 is 5.14 Å². The topological polar surface area (TPSA) is 86.5 Å². The maximum absolute atomic E-state index is 11.8. The van der Waals surface area contributed by atoms with E-state index in [1.165, 1.54) is 24.3 Å². The maximum atomic E-state index is 11.8. The number of hydrogen-bond acceptors (Lipinski definition) is 4. The van der Waals surface area contributed by atoms with Gasteiger partial charge in [-0.3, -0.25) is 0 Å². The summed E-state index contributed by atoms with van der Waals surface area (Å²) in [6, 6.07) is 12.1. The molecule has 0 atom stereocenters. The van der Waals surface area contributed by atoms with Gasteiger partial charge in [-0.05, 0) is 42.0 Å². The summed E-state index contributed by atoms with van der Waals surface area (Å²) in [5, 5.41) is 5.58. The van der Waals surface area contributed by atoms with Crippen LogP contribution >= 0.6 is 11.6 Å². The number of carbonyl (C=O) groups is 1. The van der Waals surface area contributed by atoms with Crippen molar-refractivity contribution in [3.8, 4) is 0 Å². The average Bonchev–Trinajstić information content (AvgIpc) is 2.45. The number of hydrogen-bond donors (Lipinski definition) is 1. The van der Waals surface area contributed by atoms with Crippen LogP contribution in [0.25, 0.3) is 0 Å². The number of halogens is 1. The molecule has 0 aliphatic rings. The van der Waals surface area contributed by atoms with Crippen LogP contribution in [0.3, 0.4) is 0 Å². The Morgan fingerprint density at radius 2 is 1.62 bits per heavy atom. The van der Waals surface area contributed by atoms with Gasteiger partial charge in [0, 0.05) is 5.02 Å². The summed E-state index contributed by atoms with van der Waals surface area (Å²) in [5.74, 6) is -0.550. The summed E-state index contributed by atoms with van der Waals surface area (Å²) < 4.78 is 27.3. The van der Waals surface area contributed by atoms with E-state index in [4.69, 9.17) is 21.5 Å². The molecule has 2 rings (SSSR count). The van der Waals surface area contributed by atoms with Crippen molar-refractivity contribution in [2.75, 3.05) is 0 Å². The number of sulfonamides is 1. The lowest BCUT2D eigenvalue weighted by molar-refractivity contribution is 0.0472. The summed E-state index contributed by atoms with van der Waals surface area (Å²) in [7, 11) is -3.77. The number of benzene rings is 2. The lowest BCUT2D eigenvalue weighted by Gasteiger charge is -2.05. The molecule has 0 heterocycles. The third kappa shape index (κ3) is 4.29. The number of esters is 1. The Morgan fingerprint density at radius 1 is 1.05 bits per heavy atom. The van der Waals surface area contributed by atoms with Crippen LogP contribution in [-0.2, 0) is 21.4 Å². The minimum Gasteiger partial charge on any atom is -0.457 e. The number of nitrogens with two attached hydrogens (primary N) is 1. The van der Waals surface area contributed by atoms with Crippen LogP contribution in [0.2, 0.25) is 5.02 Å². The lowest BCUT2D eigenvalue weighted by Crippen LogP contribution is -2.12. The number of ether oxygens (including phenoxy) is 1. The average molecular weight is 326 g/mol. The first kappa shape index (κ1) is 15.5. The van der Waals surface area contributed by atoms with Gasteiger partial charge in [-0.1, -0.05) is 23.7 Å². The second-order valence-electron chi connectivity index (χ2n) is 4.27. The van der Waals surface area contributed by atoms with E-state index in [0.29, 0.717) is 5.02 Å². The quantitative estimate of drug-likeness (QED) is 0.874. The van der Waals surface area contributed by atoms with Gasteiger partial charge in [0.2, 0.25) is 10.0 Å². The normalized spacial score (nSPS) is 11.1. The minimum atomic E-state index is -3.77. The van der Waals surface area contributed by atoms with Gasteiger partial charge >= 0.3 is 5.97 Å². The third-order valence-electron chi connectivity index (χ3n) is 2.70. The van der Waals surface area contributed by atoms with Crippen molar-refractivity contribution >= 4 is 27.6 Å². The minimum absolute atomic E-state index is 0.0586. The van der Waals surface area contributed by atoms with Gasteiger partial charge in [0.15, 0.2) is 0 Å². The summed E-state index contributed by atoms with van der Waals surface area (Å²) in [6.07, 6.45) is 0. The highest BCUT2D eigenvalue weighted by atomic mass is 35.5. The van der Waals surface area contributed by atoms with Gasteiger partial charge < -0.3 is 4.74 Å². The Balaban J connectivity index is 2.02. The molecule has 0 unspecified atom stereocenters. The van der Waals surface area contributed by atoms with Gasteiger partial charge in [0.25, 0.3) is 0 Å². The Labute approximate surface area is 127 Å². The number of carbonyl (C=O) groups excluding carboxylic acids is 1. The molecule has 0 aromatic heterocycles. The van der Waals surface area contributed by atoms with Crippen molar-refractivity contribution in [1.29, 1.82) is 0 Å². The monoisotopic (exact) mass is 325 g/mol. The van der Waals surface area contributed by atoms with E-state index in [0.717, 1.165) is 5.56 Å². The van der Waals surface area contributed by atoms with Gasteiger partial charge in [0.1, 0.15) is 6.61 Å². The fraction of sp³-hybridized carbons (Fsp3) is 0.0714. The van der Waals surface area contributed by atoms with Gasteiger partial charge in [-0.25, -0.2) is 18.4 Å². The zero-order valence-electron chi connectivity index (χ0n) is 10.8. The van der Waals surface area contributed by atoms with Crippen LogP contribution in [0.4, 0.5) is 0 Å². The first-order valence-corrected chi connectivity index (χ1v) is 7.83. The Hall–Kier alpha value is -1.89. The van der Waals surface area contributed by atoms with E-state index >= 15 is 0 Å². The van der Waals surface area contributed by atoms with Crippen molar-refractivity contribution in [1.82, 2.24) is 0 Å². The molecule has 2 N–H and O–H groups in total. The van der Waals surface area contributed by atoms with E-state index in [9.17, 15) is 13.2 Å². The second kappa shape index (κ2) is 6.26. The van der Waals surface area contributed by atoms with Crippen LogP contribution in [0.1, 0.15) is 15.9 Å². The van der Waals surface area contributed by atoms with Crippen molar-refractivity contribution in [2.24, 2.45) is 5.14 Å². The van der Waals surface area contributed by atoms with Crippen molar-refractivity contribution in [2.45, 2.75) is 11.5 Å². The number of primary sulfonamides is 1. The molecule has 0 aliphatic heterocycles. The molecular weight excluding hydrogens is 314 g/mol. The molecule has 0 amide bonds. The molecule has 0 radical (unpaired) electrons. The molecule has 0 aliphatic carbocycles. The molecule has 5 nitrogen and oxygen atoms in total. The van der Waals surface area contributed by atoms with Gasteiger partial charge in [0.05, 0.1) is 10.5 Å². The molecule has 7 heteroatoms. The molecule has 0 saturated heterocycles. The Morgan fingerprint density at radius 3 is 2.14 bits per heavy atom. The molecule has 0 saturated carbocycles. The predicted molar refractivity (Wildman–Crippen MR) is 78.4 cm³/mol. The zero-order valence-corrected chi connectivity index (χ0v) is 12.4. The number of rotatable bonds is 4. The van der Waals surface area contributed by atoms with Crippen molar-refractivity contribution < 1.29 is 17.9 Å². The summed E-state index contributed by atoms with van der Waals surface area (Å²) in [5.41, 5.74) is 1.05. The van der Waals surface area contributed by atoms with Gasteiger partial charge in [-0.2, -0.15) is 0 Å². The fourth-order valence-corrected chi connectivity index (χ4v) is 2.23. The second-order valence-corrected chi connectivity index (χ2v) is 6.27. The van der Waals surface area contributed by atoms with Crippen molar-refractivity contribution in [3.05, 3.63) is 64.7 Å². The molecule has 0 fully saturated rings.